The number of hydrogen-bond donors (Lipinski definition) is 4. The molecule has 0 aliphatic carbocycles. The lowest BCUT2D eigenvalue weighted by molar-refractivity contribution is -0.119. The number of nitrogens with one attached hydrogen (secondary N) is 3. The Kier molecular flexibility index (Phi) is 6.86. The number of rotatable bonds is 7. The minimum atomic E-state index is -0.325. The number of nitrogens with zero attached hydrogens (tertiary/aromatic N) is 1. The first-order valence-electron chi connectivity index (χ1n) is 8.12. The van der Waals surface area contributed by atoms with E-state index in [4.69, 9.17) is 16.6 Å². The number of amidine groups is 2. The van der Waals surface area contributed by atoms with Crippen LogP contribution in [-0.2, 0) is 11.2 Å². The van der Waals surface area contributed by atoms with Gasteiger partial charge in [0.25, 0.3) is 0 Å². The van der Waals surface area contributed by atoms with Crippen LogP contribution in [0.15, 0.2) is 60.7 Å². The number of carbonyl (C=O) groups is 1. The predicted molar refractivity (Wildman–Crippen MR) is 101 cm³/mol. The largest absolute Gasteiger partial charge is 0.348 e. The average Bonchev–Trinajstić information content (AvgIpc) is 2.66. The molecule has 0 bridgehead atoms. The summed E-state index contributed by atoms with van der Waals surface area (Å²) in [7, 11) is 0. The van der Waals surface area contributed by atoms with Crippen LogP contribution in [0.25, 0.3) is 0 Å². The number of nitrogens with two attached hydrogens (primary N) is 1. The molecule has 2 aromatic carbocycles. The Balaban J connectivity index is 2.09. The summed E-state index contributed by atoms with van der Waals surface area (Å²) < 4.78 is 0. The van der Waals surface area contributed by atoms with Gasteiger partial charge in [-0.3, -0.25) is 20.5 Å². The molecular weight excluding hydrogens is 314 g/mol. The van der Waals surface area contributed by atoms with Crippen LogP contribution in [0, 0.1) is 10.8 Å². The zero-order chi connectivity index (χ0) is 18.1. The molecule has 0 unspecified atom stereocenters. The quantitative estimate of drug-likeness (QED) is 0.459. The van der Waals surface area contributed by atoms with Crippen LogP contribution in [0.5, 0.6) is 0 Å². The second-order valence-electron chi connectivity index (χ2n) is 5.53. The molecule has 0 saturated carbocycles. The molecule has 2 rings (SSSR count). The van der Waals surface area contributed by atoms with E-state index in [9.17, 15) is 4.79 Å². The smallest absolute Gasteiger partial charge is 0.234 e. The van der Waals surface area contributed by atoms with Crippen LogP contribution >= 0.6 is 0 Å². The maximum absolute atomic E-state index is 11.4. The van der Waals surface area contributed by atoms with Gasteiger partial charge in [-0.15, -0.1) is 0 Å². The topological polar surface area (TPSA) is 106 Å². The zero-order valence-electron chi connectivity index (χ0n) is 14.0. The van der Waals surface area contributed by atoms with Crippen molar-refractivity contribution in [1.82, 2.24) is 5.32 Å². The summed E-state index contributed by atoms with van der Waals surface area (Å²) in [6.07, 6.45) is 1.21. The van der Waals surface area contributed by atoms with E-state index < -0.39 is 0 Å². The molecule has 0 heterocycles. The van der Waals surface area contributed by atoms with E-state index in [0.717, 1.165) is 11.3 Å². The predicted octanol–water partition coefficient (Wildman–Crippen LogP) is 2.16. The minimum absolute atomic E-state index is 0.0264. The summed E-state index contributed by atoms with van der Waals surface area (Å²) >= 11 is 0. The molecule has 130 valence electrons. The fourth-order valence-electron chi connectivity index (χ4n) is 2.40. The molecule has 0 aliphatic heterocycles. The summed E-state index contributed by atoms with van der Waals surface area (Å²) in [5, 5.41) is 19.3. The Morgan fingerprint density at radius 2 is 1.56 bits per heavy atom. The van der Waals surface area contributed by atoms with Crippen LogP contribution in [0.2, 0.25) is 0 Å². The maximum atomic E-state index is 11.4. The zero-order valence-corrected chi connectivity index (χ0v) is 14.0. The Morgan fingerprint density at radius 3 is 2.16 bits per heavy atom. The van der Waals surface area contributed by atoms with E-state index in [1.54, 1.807) is 4.90 Å². The van der Waals surface area contributed by atoms with E-state index in [0.29, 0.717) is 18.7 Å². The number of aryl methyl sites for hydroxylation is 1. The van der Waals surface area contributed by atoms with Gasteiger partial charge in [0.1, 0.15) is 11.7 Å². The van der Waals surface area contributed by atoms with Crippen molar-refractivity contribution in [3.63, 3.8) is 0 Å². The third kappa shape index (κ3) is 5.54. The van der Waals surface area contributed by atoms with Gasteiger partial charge in [0, 0.05) is 12.1 Å². The third-order valence-electron chi connectivity index (χ3n) is 3.69. The monoisotopic (exact) mass is 337 g/mol. The van der Waals surface area contributed by atoms with Gasteiger partial charge >= 0.3 is 0 Å². The maximum Gasteiger partial charge on any atom is 0.234 e. The normalized spacial score (nSPS) is 10.1. The Hall–Kier alpha value is -2.99. The van der Waals surface area contributed by atoms with Crippen LogP contribution in [0.1, 0.15) is 12.0 Å². The van der Waals surface area contributed by atoms with Crippen LogP contribution in [-0.4, -0.2) is 30.7 Å². The second-order valence-corrected chi connectivity index (χ2v) is 5.53. The summed E-state index contributed by atoms with van der Waals surface area (Å²) in [6.45, 7) is -0.0945. The lowest BCUT2D eigenvalue weighted by atomic mass is 10.1. The standard InChI is InChI=1S/C19H23N5O/c20-13-19(25)23-14-18(22)24(16-9-5-2-6-10-16)17(21)12-11-15-7-3-1-4-8-15/h1-10,21-22H,11-14,20H2,(H,23,25). The molecule has 0 radical (unpaired) electrons. The van der Waals surface area contributed by atoms with E-state index in [1.807, 2.05) is 60.7 Å². The average molecular weight is 337 g/mol. The number of benzene rings is 2. The second kappa shape index (κ2) is 9.34. The molecule has 0 aromatic heterocycles. The number of anilines is 1. The molecule has 6 nitrogen and oxygen atoms in total. The molecule has 0 saturated heterocycles. The first kappa shape index (κ1) is 18.4. The van der Waals surface area contributed by atoms with Gasteiger partial charge in [-0.25, -0.2) is 0 Å². The summed E-state index contributed by atoms with van der Waals surface area (Å²) in [5.41, 5.74) is 7.15. The molecule has 1 amide bonds. The van der Waals surface area contributed by atoms with Crippen molar-refractivity contribution in [2.24, 2.45) is 5.73 Å². The summed E-state index contributed by atoms with van der Waals surface area (Å²) in [6, 6.07) is 19.2. The number of para-hydroxylation sites is 1. The lowest BCUT2D eigenvalue weighted by Crippen LogP contribution is -2.44. The molecular formula is C19H23N5O. The van der Waals surface area contributed by atoms with Gasteiger partial charge in [0.2, 0.25) is 5.91 Å². The van der Waals surface area contributed by atoms with Crippen LogP contribution < -0.4 is 16.0 Å². The highest BCUT2D eigenvalue weighted by atomic mass is 16.1. The van der Waals surface area contributed by atoms with Gasteiger partial charge in [-0.1, -0.05) is 48.5 Å². The third-order valence-corrected chi connectivity index (χ3v) is 3.69. The summed E-state index contributed by atoms with van der Waals surface area (Å²) in [5.74, 6) is 0.113. The van der Waals surface area contributed by atoms with Crippen molar-refractivity contribution in [3.8, 4) is 0 Å². The first-order valence-corrected chi connectivity index (χ1v) is 8.12. The fourth-order valence-corrected chi connectivity index (χ4v) is 2.40. The number of hydrogen-bond acceptors (Lipinski definition) is 4. The SMILES string of the molecule is N=C(CCc1ccccc1)N(C(=N)CNC(=O)CN)c1ccccc1. The molecule has 2 aromatic rings. The van der Waals surface area contributed by atoms with E-state index in [2.05, 4.69) is 5.32 Å². The van der Waals surface area contributed by atoms with Gasteiger partial charge in [-0.2, -0.15) is 0 Å². The van der Waals surface area contributed by atoms with Crippen molar-refractivity contribution in [1.29, 1.82) is 10.8 Å². The Morgan fingerprint density at radius 1 is 0.960 bits per heavy atom. The van der Waals surface area contributed by atoms with Crippen LogP contribution in [0.4, 0.5) is 5.69 Å². The van der Waals surface area contributed by atoms with Crippen molar-refractivity contribution < 1.29 is 4.79 Å². The molecule has 0 fully saturated rings. The van der Waals surface area contributed by atoms with Gasteiger partial charge < -0.3 is 11.1 Å². The lowest BCUT2D eigenvalue weighted by Gasteiger charge is -2.26. The van der Waals surface area contributed by atoms with Crippen molar-refractivity contribution in [2.45, 2.75) is 12.8 Å². The molecule has 0 spiro atoms. The van der Waals surface area contributed by atoms with E-state index in [1.165, 1.54) is 0 Å². The molecule has 0 aliphatic rings. The van der Waals surface area contributed by atoms with Crippen molar-refractivity contribution >= 4 is 23.3 Å². The first-order chi connectivity index (χ1) is 12.1. The van der Waals surface area contributed by atoms with Gasteiger partial charge in [0.15, 0.2) is 0 Å². The highest BCUT2D eigenvalue weighted by Gasteiger charge is 2.17. The minimum Gasteiger partial charge on any atom is -0.348 e. The van der Waals surface area contributed by atoms with Crippen LogP contribution in [0.3, 0.4) is 0 Å². The van der Waals surface area contributed by atoms with Crippen molar-refractivity contribution in [3.05, 3.63) is 66.2 Å². The highest BCUT2D eigenvalue weighted by molar-refractivity contribution is 6.18. The van der Waals surface area contributed by atoms with Crippen molar-refractivity contribution in [2.75, 3.05) is 18.0 Å². The summed E-state index contributed by atoms with van der Waals surface area (Å²) in [4.78, 5) is 12.9. The highest BCUT2D eigenvalue weighted by Crippen LogP contribution is 2.16. The van der Waals surface area contributed by atoms with Gasteiger partial charge in [-0.05, 0) is 24.1 Å². The molecule has 6 heteroatoms. The van der Waals surface area contributed by atoms with Gasteiger partial charge in [0.05, 0.1) is 13.1 Å². The molecule has 25 heavy (non-hydrogen) atoms. The fraction of sp³-hybridized carbons (Fsp3) is 0.211. The Bertz CT molecular complexity index is 715. The number of amides is 1. The van der Waals surface area contributed by atoms with E-state index in [-0.39, 0.29) is 24.8 Å². The Labute approximate surface area is 147 Å². The number of carbonyl (C=O) groups excluding carboxylic acids is 1. The molecule has 5 N–H and O–H groups in total. The van der Waals surface area contributed by atoms with E-state index >= 15 is 0 Å². The molecule has 0 atom stereocenters.